The van der Waals surface area contributed by atoms with E-state index in [1.165, 1.54) is 0 Å². The maximum absolute atomic E-state index is 11.8. The second kappa shape index (κ2) is 7.50. The fraction of sp³-hybridized carbons (Fsp3) is 0.500. The van der Waals surface area contributed by atoms with Crippen LogP contribution in [0, 0.1) is 12.8 Å². The molecule has 0 aliphatic rings. The van der Waals surface area contributed by atoms with Gasteiger partial charge in [-0.25, -0.2) is 4.79 Å². The minimum absolute atomic E-state index is 0.223. The predicted octanol–water partition coefficient (Wildman–Crippen LogP) is 3.29. The molecular weight excluding hydrogens is 308 g/mol. The van der Waals surface area contributed by atoms with Gasteiger partial charge in [0.15, 0.2) is 0 Å². The van der Waals surface area contributed by atoms with Gasteiger partial charge in [0.05, 0.1) is 6.10 Å². The number of anilines is 1. The topological polar surface area (TPSA) is 61.4 Å². The molecule has 0 aromatic heterocycles. The number of urea groups is 1. The number of carbonyl (C=O) groups is 1. The quantitative estimate of drug-likeness (QED) is 0.776. The van der Waals surface area contributed by atoms with Crippen LogP contribution >= 0.6 is 15.9 Å². The van der Waals surface area contributed by atoms with Crippen LogP contribution in [0.5, 0.6) is 0 Å². The molecule has 0 heterocycles. The lowest BCUT2D eigenvalue weighted by Crippen LogP contribution is -2.33. The standard InChI is InChI=1S/C14H21BrN2O2/c1-9(6-11(3)18)8-16-14(19)17-13-7-12(15)5-4-10(13)2/h4-5,7,9,11,18H,6,8H2,1-3H3,(H2,16,17,19). The summed E-state index contributed by atoms with van der Waals surface area (Å²) in [4.78, 5) is 11.8. The Kier molecular flexibility index (Phi) is 6.31. The molecule has 5 heteroatoms. The van der Waals surface area contributed by atoms with E-state index in [9.17, 15) is 9.90 Å². The van der Waals surface area contributed by atoms with E-state index >= 15 is 0 Å². The van der Waals surface area contributed by atoms with Gasteiger partial charge in [-0.05, 0) is 43.9 Å². The lowest BCUT2D eigenvalue weighted by molar-refractivity contribution is 0.163. The molecule has 106 valence electrons. The van der Waals surface area contributed by atoms with E-state index in [0.717, 1.165) is 15.7 Å². The van der Waals surface area contributed by atoms with E-state index < -0.39 is 0 Å². The van der Waals surface area contributed by atoms with E-state index in [4.69, 9.17) is 0 Å². The van der Waals surface area contributed by atoms with Crippen molar-refractivity contribution in [2.45, 2.75) is 33.3 Å². The molecule has 19 heavy (non-hydrogen) atoms. The Bertz CT molecular complexity index is 435. The van der Waals surface area contributed by atoms with Gasteiger partial charge in [-0.3, -0.25) is 0 Å². The zero-order chi connectivity index (χ0) is 14.4. The van der Waals surface area contributed by atoms with Gasteiger partial charge in [-0.15, -0.1) is 0 Å². The highest BCUT2D eigenvalue weighted by molar-refractivity contribution is 9.10. The van der Waals surface area contributed by atoms with E-state index in [2.05, 4.69) is 26.6 Å². The molecule has 0 aliphatic heterocycles. The third-order valence-corrected chi connectivity index (χ3v) is 3.30. The first-order valence-corrected chi connectivity index (χ1v) is 7.17. The monoisotopic (exact) mass is 328 g/mol. The highest BCUT2D eigenvalue weighted by Gasteiger charge is 2.09. The Balaban J connectivity index is 2.45. The fourth-order valence-electron chi connectivity index (χ4n) is 1.83. The molecule has 1 aromatic carbocycles. The molecule has 1 aromatic rings. The summed E-state index contributed by atoms with van der Waals surface area (Å²) in [5, 5.41) is 14.9. The first-order chi connectivity index (χ1) is 8.88. The highest BCUT2D eigenvalue weighted by atomic mass is 79.9. The molecule has 0 radical (unpaired) electrons. The zero-order valence-corrected chi connectivity index (χ0v) is 13.1. The molecule has 0 bridgehead atoms. The van der Waals surface area contributed by atoms with Crippen molar-refractivity contribution >= 4 is 27.6 Å². The minimum Gasteiger partial charge on any atom is -0.393 e. The second-order valence-corrected chi connectivity index (χ2v) is 5.90. The number of hydrogen-bond donors (Lipinski definition) is 3. The van der Waals surface area contributed by atoms with E-state index in [1.54, 1.807) is 6.92 Å². The number of amides is 2. The first-order valence-electron chi connectivity index (χ1n) is 6.37. The molecule has 4 nitrogen and oxygen atoms in total. The molecule has 2 amide bonds. The maximum Gasteiger partial charge on any atom is 0.319 e. The predicted molar refractivity (Wildman–Crippen MR) is 81.4 cm³/mol. The Morgan fingerprint density at radius 1 is 1.42 bits per heavy atom. The molecule has 0 fully saturated rings. The minimum atomic E-state index is -0.341. The molecule has 0 saturated heterocycles. The molecule has 3 N–H and O–H groups in total. The molecule has 0 spiro atoms. The van der Waals surface area contributed by atoms with Gasteiger partial charge in [0, 0.05) is 16.7 Å². The summed E-state index contributed by atoms with van der Waals surface area (Å²) in [5.41, 5.74) is 1.80. The van der Waals surface area contributed by atoms with Crippen LogP contribution in [0.3, 0.4) is 0 Å². The van der Waals surface area contributed by atoms with Crippen molar-refractivity contribution in [1.29, 1.82) is 0 Å². The molecule has 2 unspecified atom stereocenters. The summed E-state index contributed by atoms with van der Waals surface area (Å²) < 4.78 is 0.927. The van der Waals surface area contributed by atoms with Crippen LogP contribution in [0.2, 0.25) is 0 Å². The van der Waals surface area contributed by atoms with E-state index in [0.29, 0.717) is 13.0 Å². The molecule has 1 rings (SSSR count). The van der Waals surface area contributed by atoms with Crippen molar-refractivity contribution in [1.82, 2.24) is 5.32 Å². The van der Waals surface area contributed by atoms with Gasteiger partial charge >= 0.3 is 6.03 Å². The van der Waals surface area contributed by atoms with Crippen molar-refractivity contribution < 1.29 is 9.90 Å². The fourth-order valence-corrected chi connectivity index (χ4v) is 2.19. The van der Waals surface area contributed by atoms with Crippen LogP contribution in [-0.2, 0) is 0 Å². The van der Waals surface area contributed by atoms with Crippen LogP contribution in [0.4, 0.5) is 10.5 Å². The van der Waals surface area contributed by atoms with Gasteiger partial charge in [0.1, 0.15) is 0 Å². The Morgan fingerprint density at radius 2 is 2.11 bits per heavy atom. The smallest absolute Gasteiger partial charge is 0.319 e. The average molecular weight is 329 g/mol. The maximum atomic E-state index is 11.8. The first kappa shape index (κ1) is 16.0. The SMILES string of the molecule is Cc1ccc(Br)cc1NC(=O)NCC(C)CC(C)O. The molecule has 0 saturated carbocycles. The van der Waals surface area contributed by atoms with Gasteiger partial charge < -0.3 is 15.7 Å². The summed E-state index contributed by atoms with van der Waals surface area (Å²) >= 11 is 3.38. The van der Waals surface area contributed by atoms with Gasteiger partial charge in [-0.2, -0.15) is 0 Å². The number of halogens is 1. The number of benzene rings is 1. The number of nitrogens with one attached hydrogen (secondary N) is 2. The Morgan fingerprint density at radius 3 is 2.74 bits per heavy atom. The number of carbonyl (C=O) groups excluding carboxylic acids is 1. The van der Waals surface area contributed by atoms with Crippen molar-refractivity contribution in [3.05, 3.63) is 28.2 Å². The zero-order valence-electron chi connectivity index (χ0n) is 11.5. The Labute approximate surface area is 122 Å². The van der Waals surface area contributed by atoms with Gasteiger partial charge in [-0.1, -0.05) is 28.9 Å². The second-order valence-electron chi connectivity index (χ2n) is 4.98. The summed E-state index contributed by atoms with van der Waals surface area (Å²) in [6.45, 7) is 6.24. The number of aryl methyl sites for hydroxylation is 1. The summed E-state index contributed by atoms with van der Waals surface area (Å²) in [6, 6.07) is 5.52. The lowest BCUT2D eigenvalue weighted by atomic mass is 10.1. The van der Waals surface area contributed by atoms with Crippen molar-refractivity contribution in [2.75, 3.05) is 11.9 Å². The third kappa shape index (κ3) is 6.07. The van der Waals surface area contributed by atoms with Crippen LogP contribution < -0.4 is 10.6 Å². The van der Waals surface area contributed by atoms with E-state index in [-0.39, 0.29) is 18.1 Å². The van der Waals surface area contributed by atoms with Crippen molar-refractivity contribution in [2.24, 2.45) is 5.92 Å². The van der Waals surface area contributed by atoms with E-state index in [1.807, 2.05) is 32.0 Å². The van der Waals surface area contributed by atoms with Crippen molar-refractivity contribution in [3.8, 4) is 0 Å². The number of aliphatic hydroxyl groups is 1. The number of rotatable bonds is 5. The third-order valence-electron chi connectivity index (χ3n) is 2.80. The van der Waals surface area contributed by atoms with Crippen molar-refractivity contribution in [3.63, 3.8) is 0 Å². The molecular formula is C14H21BrN2O2. The molecule has 2 atom stereocenters. The number of hydrogen-bond acceptors (Lipinski definition) is 2. The van der Waals surface area contributed by atoms with Gasteiger partial charge in [0.2, 0.25) is 0 Å². The van der Waals surface area contributed by atoms with Crippen LogP contribution in [0.1, 0.15) is 25.8 Å². The summed E-state index contributed by atoms with van der Waals surface area (Å²) in [6.07, 6.45) is 0.336. The largest absolute Gasteiger partial charge is 0.393 e. The summed E-state index contributed by atoms with van der Waals surface area (Å²) in [5.74, 6) is 0.245. The highest BCUT2D eigenvalue weighted by Crippen LogP contribution is 2.20. The van der Waals surface area contributed by atoms with Crippen LogP contribution in [0.25, 0.3) is 0 Å². The lowest BCUT2D eigenvalue weighted by Gasteiger charge is -2.15. The normalized spacial score (nSPS) is 13.7. The van der Waals surface area contributed by atoms with Crippen LogP contribution in [0.15, 0.2) is 22.7 Å². The van der Waals surface area contributed by atoms with Crippen LogP contribution in [-0.4, -0.2) is 23.8 Å². The summed E-state index contributed by atoms with van der Waals surface area (Å²) in [7, 11) is 0. The Hall–Kier alpha value is -1.07. The average Bonchev–Trinajstić information content (AvgIpc) is 2.30. The molecule has 0 aliphatic carbocycles. The van der Waals surface area contributed by atoms with Gasteiger partial charge in [0.25, 0.3) is 0 Å². The number of aliphatic hydroxyl groups excluding tert-OH is 1.